The molecule has 0 aromatic heterocycles. The minimum atomic E-state index is -0.397. The van der Waals surface area contributed by atoms with Crippen molar-refractivity contribution in [2.24, 2.45) is 0 Å². The second-order valence-corrected chi connectivity index (χ2v) is 5.53. The van der Waals surface area contributed by atoms with Crippen LogP contribution in [0.5, 0.6) is 0 Å². The van der Waals surface area contributed by atoms with E-state index in [1.54, 1.807) is 24.3 Å². The maximum Gasteiger partial charge on any atom is 0.269 e. The van der Waals surface area contributed by atoms with Gasteiger partial charge in [-0.2, -0.15) is 0 Å². The summed E-state index contributed by atoms with van der Waals surface area (Å²) in [6, 6.07) is 11.9. The molecule has 110 valence electrons. The number of nitro benzene ring substituents is 1. The monoisotopic (exact) mass is 324 g/mol. The van der Waals surface area contributed by atoms with Crippen molar-refractivity contribution in [3.8, 4) is 0 Å². The Morgan fingerprint density at radius 2 is 2.00 bits per heavy atom. The summed E-state index contributed by atoms with van der Waals surface area (Å²) in [7, 11) is 0. The number of benzene rings is 2. The molecule has 0 amide bonds. The number of hydrogen-bond donors (Lipinski definition) is 1. The molecule has 0 aliphatic rings. The van der Waals surface area contributed by atoms with Crippen LogP contribution < -0.4 is 5.32 Å². The van der Waals surface area contributed by atoms with Crippen molar-refractivity contribution < 1.29 is 4.92 Å². The van der Waals surface area contributed by atoms with Gasteiger partial charge in [0, 0.05) is 34.8 Å². The van der Waals surface area contributed by atoms with Crippen LogP contribution in [0.25, 0.3) is 0 Å². The fourth-order valence-electron chi connectivity index (χ4n) is 1.95. The highest BCUT2D eigenvalue weighted by Crippen LogP contribution is 2.23. The van der Waals surface area contributed by atoms with Gasteiger partial charge in [-0.05, 0) is 30.2 Å². The van der Waals surface area contributed by atoms with Crippen LogP contribution in [0.15, 0.2) is 42.5 Å². The minimum Gasteiger partial charge on any atom is -0.306 e. The molecule has 0 heterocycles. The quantitative estimate of drug-likeness (QED) is 0.637. The smallest absolute Gasteiger partial charge is 0.269 e. The van der Waals surface area contributed by atoms with E-state index in [0.29, 0.717) is 16.6 Å². The average molecular weight is 325 g/mol. The zero-order valence-corrected chi connectivity index (χ0v) is 12.9. The number of halogens is 2. The lowest BCUT2D eigenvalue weighted by Gasteiger charge is -2.15. The van der Waals surface area contributed by atoms with E-state index in [1.165, 1.54) is 6.07 Å². The second kappa shape index (κ2) is 6.89. The van der Waals surface area contributed by atoms with Crippen LogP contribution in [0.1, 0.15) is 24.1 Å². The molecular weight excluding hydrogens is 311 g/mol. The highest BCUT2D eigenvalue weighted by molar-refractivity contribution is 6.35. The maximum atomic E-state index is 10.8. The molecule has 2 rings (SSSR count). The third-order valence-electron chi connectivity index (χ3n) is 3.19. The van der Waals surface area contributed by atoms with Gasteiger partial charge >= 0.3 is 0 Å². The Morgan fingerprint density at radius 3 is 2.67 bits per heavy atom. The van der Waals surface area contributed by atoms with E-state index in [0.717, 1.165) is 11.1 Å². The number of hydrogen-bond acceptors (Lipinski definition) is 3. The van der Waals surface area contributed by atoms with Gasteiger partial charge in [0.1, 0.15) is 0 Å². The maximum absolute atomic E-state index is 10.8. The molecule has 0 saturated carbocycles. The minimum absolute atomic E-state index is 0.0309. The Labute approximate surface area is 132 Å². The van der Waals surface area contributed by atoms with Crippen LogP contribution in [0.2, 0.25) is 10.0 Å². The van der Waals surface area contributed by atoms with Crippen LogP contribution >= 0.6 is 23.2 Å². The standard InChI is InChI=1S/C15H14Cl2N2O2/c1-10(11-3-2-4-14(7-11)19(20)21)18-9-12-5-6-13(16)8-15(12)17/h2-8,10,18H,9H2,1H3. The van der Waals surface area contributed by atoms with Gasteiger partial charge in [0.2, 0.25) is 0 Å². The van der Waals surface area contributed by atoms with Crippen molar-refractivity contribution in [1.82, 2.24) is 5.32 Å². The molecule has 0 aliphatic heterocycles. The molecule has 0 fully saturated rings. The van der Waals surface area contributed by atoms with Gasteiger partial charge in [-0.15, -0.1) is 0 Å². The lowest BCUT2D eigenvalue weighted by atomic mass is 10.1. The van der Waals surface area contributed by atoms with Crippen molar-refractivity contribution >= 4 is 28.9 Å². The summed E-state index contributed by atoms with van der Waals surface area (Å²) in [6.45, 7) is 2.50. The summed E-state index contributed by atoms with van der Waals surface area (Å²) in [5, 5.41) is 15.3. The summed E-state index contributed by atoms with van der Waals surface area (Å²) >= 11 is 12.0. The van der Waals surface area contributed by atoms with E-state index in [4.69, 9.17) is 23.2 Å². The fourth-order valence-corrected chi connectivity index (χ4v) is 2.43. The molecule has 1 N–H and O–H groups in total. The van der Waals surface area contributed by atoms with Gasteiger partial charge in [-0.25, -0.2) is 0 Å². The topological polar surface area (TPSA) is 55.2 Å². The molecule has 0 saturated heterocycles. The third kappa shape index (κ3) is 4.17. The highest BCUT2D eigenvalue weighted by Gasteiger charge is 2.11. The van der Waals surface area contributed by atoms with Crippen molar-refractivity contribution in [2.45, 2.75) is 19.5 Å². The molecule has 2 aromatic carbocycles. The Kier molecular flexibility index (Phi) is 5.17. The Bertz CT molecular complexity index is 662. The summed E-state index contributed by atoms with van der Waals surface area (Å²) < 4.78 is 0. The summed E-state index contributed by atoms with van der Waals surface area (Å²) in [5.41, 5.74) is 1.87. The fraction of sp³-hybridized carbons (Fsp3) is 0.200. The molecule has 2 aromatic rings. The van der Waals surface area contributed by atoms with Gasteiger partial charge < -0.3 is 5.32 Å². The molecular formula is C15H14Cl2N2O2. The van der Waals surface area contributed by atoms with Gasteiger partial charge in [0.05, 0.1) is 4.92 Å². The highest BCUT2D eigenvalue weighted by atomic mass is 35.5. The predicted octanol–water partition coefficient (Wildman–Crippen LogP) is 4.75. The summed E-state index contributed by atoms with van der Waals surface area (Å²) in [5.74, 6) is 0. The molecule has 0 aliphatic carbocycles. The first-order valence-electron chi connectivity index (χ1n) is 6.39. The van der Waals surface area contributed by atoms with Crippen molar-refractivity contribution in [2.75, 3.05) is 0 Å². The van der Waals surface area contributed by atoms with E-state index < -0.39 is 4.92 Å². The molecule has 0 spiro atoms. The van der Waals surface area contributed by atoms with Crippen LogP contribution in [0.4, 0.5) is 5.69 Å². The molecule has 6 heteroatoms. The lowest BCUT2D eigenvalue weighted by molar-refractivity contribution is -0.384. The van der Waals surface area contributed by atoms with Crippen LogP contribution in [-0.2, 0) is 6.54 Å². The number of nitro groups is 1. The normalized spacial score (nSPS) is 12.1. The molecule has 1 unspecified atom stereocenters. The first-order chi connectivity index (χ1) is 9.97. The molecule has 0 bridgehead atoms. The average Bonchev–Trinajstić information content (AvgIpc) is 2.46. The zero-order valence-electron chi connectivity index (χ0n) is 11.3. The van der Waals surface area contributed by atoms with Crippen LogP contribution in [0, 0.1) is 10.1 Å². The lowest BCUT2D eigenvalue weighted by Crippen LogP contribution is -2.18. The van der Waals surface area contributed by atoms with Crippen molar-refractivity contribution in [1.29, 1.82) is 0 Å². The van der Waals surface area contributed by atoms with Gasteiger partial charge in [-0.1, -0.05) is 41.4 Å². The van der Waals surface area contributed by atoms with E-state index >= 15 is 0 Å². The second-order valence-electron chi connectivity index (χ2n) is 4.69. The first-order valence-corrected chi connectivity index (χ1v) is 7.14. The molecule has 0 radical (unpaired) electrons. The SMILES string of the molecule is CC(NCc1ccc(Cl)cc1Cl)c1cccc([N+](=O)[O-])c1. The Hall–Kier alpha value is -1.62. The largest absolute Gasteiger partial charge is 0.306 e. The first kappa shape index (κ1) is 15.8. The Balaban J connectivity index is 2.06. The van der Waals surface area contributed by atoms with E-state index in [9.17, 15) is 10.1 Å². The third-order valence-corrected chi connectivity index (χ3v) is 3.78. The van der Waals surface area contributed by atoms with Crippen molar-refractivity contribution in [3.05, 3.63) is 73.8 Å². The summed E-state index contributed by atoms with van der Waals surface area (Å²) in [6.07, 6.45) is 0. The Morgan fingerprint density at radius 1 is 1.24 bits per heavy atom. The van der Waals surface area contributed by atoms with E-state index in [2.05, 4.69) is 5.32 Å². The molecule has 4 nitrogen and oxygen atoms in total. The predicted molar refractivity (Wildman–Crippen MR) is 84.8 cm³/mol. The number of nitrogens with one attached hydrogen (secondary N) is 1. The molecule has 1 atom stereocenters. The number of rotatable bonds is 5. The van der Waals surface area contributed by atoms with Gasteiger partial charge in [0.25, 0.3) is 5.69 Å². The van der Waals surface area contributed by atoms with E-state index in [-0.39, 0.29) is 11.7 Å². The van der Waals surface area contributed by atoms with Crippen LogP contribution in [-0.4, -0.2) is 4.92 Å². The summed E-state index contributed by atoms with van der Waals surface area (Å²) in [4.78, 5) is 10.4. The van der Waals surface area contributed by atoms with Gasteiger partial charge in [0.15, 0.2) is 0 Å². The number of nitrogens with zero attached hydrogens (tertiary/aromatic N) is 1. The zero-order chi connectivity index (χ0) is 15.4. The van der Waals surface area contributed by atoms with Crippen molar-refractivity contribution in [3.63, 3.8) is 0 Å². The van der Waals surface area contributed by atoms with E-state index in [1.807, 2.05) is 19.1 Å². The number of non-ortho nitro benzene ring substituents is 1. The van der Waals surface area contributed by atoms with Crippen LogP contribution in [0.3, 0.4) is 0 Å². The van der Waals surface area contributed by atoms with Gasteiger partial charge in [-0.3, -0.25) is 10.1 Å². The molecule has 21 heavy (non-hydrogen) atoms.